The van der Waals surface area contributed by atoms with Crippen molar-refractivity contribution in [3.8, 4) is 0 Å². The van der Waals surface area contributed by atoms with Crippen molar-refractivity contribution in [3.05, 3.63) is 21.4 Å². The normalized spacial score (nSPS) is 16.4. The molecule has 1 unspecified atom stereocenters. The van der Waals surface area contributed by atoms with Crippen molar-refractivity contribution >= 4 is 33.2 Å². The molecular formula is C16H21ClN2OS. The molecule has 1 aliphatic carbocycles. The van der Waals surface area contributed by atoms with E-state index in [2.05, 4.69) is 18.8 Å². The molecule has 1 atom stereocenters. The Morgan fingerprint density at radius 3 is 2.71 bits per heavy atom. The van der Waals surface area contributed by atoms with Gasteiger partial charge in [-0.05, 0) is 44.1 Å². The average molecular weight is 325 g/mol. The first-order chi connectivity index (χ1) is 10.1. The van der Waals surface area contributed by atoms with Crippen LogP contribution in [0.15, 0.2) is 0 Å². The van der Waals surface area contributed by atoms with Crippen LogP contribution in [0.2, 0.25) is 5.15 Å². The summed E-state index contributed by atoms with van der Waals surface area (Å²) >= 11 is 8.27. The molecule has 3 rings (SSSR count). The van der Waals surface area contributed by atoms with Gasteiger partial charge in [-0.25, -0.2) is 9.97 Å². The van der Waals surface area contributed by atoms with Gasteiger partial charge in [0.15, 0.2) is 5.82 Å². The minimum Gasteiger partial charge on any atom is -0.370 e. The quantitative estimate of drug-likeness (QED) is 0.746. The first-order valence-corrected chi connectivity index (χ1v) is 8.90. The molecule has 0 radical (unpaired) electrons. The van der Waals surface area contributed by atoms with Gasteiger partial charge >= 0.3 is 0 Å². The minimum atomic E-state index is -0.0870. The molecule has 0 saturated heterocycles. The molecule has 3 nitrogen and oxygen atoms in total. The van der Waals surface area contributed by atoms with E-state index in [1.54, 1.807) is 11.3 Å². The third kappa shape index (κ3) is 2.81. The van der Waals surface area contributed by atoms with Gasteiger partial charge in [0.25, 0.3) is 0 Å². The van der Waals surface area contributed by atoms with Crippen LogP contribution in [0.4, 0.5) is 0 Å². The topological polar surface area (TPSA) is 35.0 Å². The van der Waals surface area contributed by atoms with E-state index in [-0.39, 0.29) is 6.10 Å². The van der Waals surface area contributed by atoms with E-state index in [4.69, 9.17) is 21.3 Å². The maximum atomic E-state index is 6.49. The van der Waals surface area contributed by atoms with Crippen LogP contribution in [0.3, 0.4) is 0 Å². The van der Waals surface area contributed by atoms with Gasteiger partial charge < -0.3 is 4.74 Å². The Kier molecular flexibility index (Phi) is 4.48. The van der Waals surface area contributed by atoms with Crippen molar-refractivity contribution in [1.29, 1.82) is 0 Å². The maximum absolute atomic E-state index is 6.49. The second-order valence-corrected chi connectivity index (χ2v) is 7.33. The number of halogens is 1. The predicted octanol–water partition coefficient (Wildman–Crippen LogP) is 4.96. The largest absolute Gasteiger partial charge is 0.370 e. The van der Waals surface area contributed by atoms with Crippen molar-refractivity contribution in [1.82, 2.24) is 9.97 Å². The molecule has 114 valence electrons. The Labute approximate surface area is 134 Å². The summed E-state index contributed by atoms with van der Waals surface area (Å²) < 4.78 is 5.82. The van der Waals surface area contributed by atoms with E-state index in [0.29, 0.717) is 17.7 Å². The molecule has 2 aromatic rings. The van der Waals surface area contributed by atoms with E-state index in [0.717, 1.165) is 28.9 Å². The molecule has 21 heavy (non-hydrogen) atoms. The number of aromatic nitrogens is 2. The lowest BCUT2D eigenvalue weighted by Gasteiger charge is -2.19. The first kappa shape index (κ1) is 15.2. The number of ether oxygens (including phenoxy) is 1. The summed E-state index contributed by atoms with van der Waals surface area (Å²) in [7, 11) is 0. The van der Waals surface area contributed by atoms with Crippen molar-refractivity contribution in [2.75, 3.05) is 6.61 Å². The molecule has 0 fully saturated rings. The zero-order chi connectivity index (χ0) is 15.0. The van der Waals surface area contributed by atoms with Crippen LogP contribution >= 0.6 is 22.9 Å². The fourth-order valence-corrected chi connectivity index (χ4v) is 4.61. The fourth-order valence-electron chi connectivity index (χ4n) is 3.00. The van der Waals surface area contributed by atoms with Gasteiger partial charge in [-0.3, -0.25) is 0 Å². The summed E-state index contributed by atoms with van der Waals surface area (Å²) in [6.45, 7) is 6.91. The van der Waals surface area contributed by atoms with Crippen LogP contribution in [-0.4, -0.2) is 16.6 Å². The zero-order valence-corrected chi connectivity index (χ0v) is 14.4. The van der Waals surface area contributed by atoms with Gasteiger partial charge in [0.2, 0.25) is 0 Å². The summed E-state index contributed by atoms with van der Waals surface area (Å²) in [4.78, 5) is 11.8. The molecule has 5 heteroatoms. The van der Waals surface area contributed by atoms with Crippen molar-refractivity contribution in [2.24, 2.45) is 5.92 Å². The van der Waals surface area contributed by atoms with Crippen molar-refractivity contribution in [2.45, 2.75) is 52.6 Å². The number of hydrogen-bond acceptors (Lipinski definition) is 4. The molecule has 2 heterocycles. The molecule has 0 spiro atoms. The highest BCUT2D eigenvalue weighted by Crippen LogP contribution is 2.39. The maximum Gasteiger partial charge on any atom is 0.160 e. The second kappa shape index (κ2) is 6.19. The zero-order valence-electron chi connectivity index (χ0n) is 12.8. The Morgan fingerprint density at radius 1 is 1.24 bits per heavy atom. The first-order valence-electron chi connectivity index (χ1n) is 7.71. The monoisotopic (exact) mass is 324 g/mol. The van der Waals surface area contributed by atoms with Gasteiger partial charge in [0.1, 0.15) is 16.1 Å². The van der Waals surface area contributed by atoms with E-state index in [9.17, 15) is 0 Å². The number of hydrogen-bond donors (Lipinski definition) is 0. The Balaban J connectivity index is 2.10. The highest BCUT2D eigenvalue weighted by atomic mass is 35.5. The molecule has 0 bridgehead atoms. The van der Waals surface area contributed by atoms with Crippen LogP contribution < -0.4 is 0 Å². The molecule has 2 aromatic heterocycles. The smallest absolute Gasteiger partial charge is 0.160 e. The van der Waals surface area contributed by atoms with E-state index in [1.165, 1.54) is 23.3 Å². The third-order valence-electron chi connectivity index (χ3n) is 3.99. The lowest BCUT2D eigenvalue weighted by atomic mass is 9.97. The van der Waals surface area contributed by atoms with E-state index < -0.39 is 0 Å². The molecular weight excluding hydrogens is 304 g/mol. The second-order valence-electron chi connectivity index (χ2n) is 5.88. The van der Waals surface area contributed by atoms with Crippen LogP contribution in [0.1, 0.15) is 56.0 Å². The molecule has 0 saturated carbocycles. The number of fused-ring (bicyclic) bond motifs is 3. The van der Waals surface area contributed by atoms with Gasteiger partial charge in [-0.1, -0.05) is 25.4 Å². The Morgan fingerprint density at radius 2 is 2.00 bits per heavy atom. The summed E-state index contributed by atoms with van der Waals surface area (Å²) in [5.74, 6) is 1.05. The summed E-state index contributed by atoms with van der Waals surface area (Å²) in [6, 6.07) is 0. The van der Waals surface area contributed by atoms with Gasteiger partial charge in [0.05, 0.1) is 5.39 Å². The van der Waals surface area contributed by atoms with Crippen LogP contribution in [-0.2, 0) is 17.6 Å². The standard InChI is InChI=1S/C16H21ClN2OS/c1-4-20-13(9(2)3)15-18-14(17)12-10-7-5-6-8-11(10)21-16(12)19-15/h9,13H,4-8H2,1-3H3. The minimum absolute atomic E-state index is 0.0870. The highest BCUT2D eigenvalue weighted by Gasteiger charge is 2.24. The SMILES string of the molecule is CCOC(c1nc(Cl)c2c3c(sc2n1)CCCC3)C(C)C. The summed E-state index contributed by atoms with van der Waals surface area (Å²) in [5, 5.41) is 1.68. The number of aryl methyl sites for hydroxylation is 2. The van der Waals surface area contributed by atoms with E-state index in [1.807, 2.05) is 6.92 Å². The highest BCUT2D eigenvalue weighted by molar-refractivity contribution is 7.19. The summed E-state index contributed by atoms with van der Waals surface area (Å²) in [6.07, 6.45) is 4.68. The predicted molar refractivity (Wildman–Crippen MR) is 88.3 cm³/mol. The molecule has 1 aliphatic rings. The number of nitrogens with zero attached hydrogens (tertiary/aromatic N) is 2. The lowest BCUT2D eigenvalue weighted by Crippen LogP contribution is -2.14. The Hall–Kier alpha value is -0.710. The average Bonchev–Trinajstić information content (AvgIpc) is 2.82. The third-order valence-corrected chi connectivity index (χ3v) is 5.45. The van der Waals surface area contributed by atoms with Crippen molar-refractivity contribution < 1.29 is 4.74 Å². The Bertz CT molecular complexity index is 653. The van der Waals surface area contributed by atoms with E-state index >= 15 is 0 Å². The van der Waals surface area contributed by atoms with Gasteiger partial charge in [-0.2, -0.15) is 0 Å². The molecule has 0 N–H and O–H groups in total. The van der Waals surface area contributed by atoms with Gasteiger partial charge in [-0.15, -0.1) is 11.3 Å². The summed E-state index contributed by atoms with van der Waals surface area (Å²) in [5.41, 5.74) is 1.38. The van der Waals surface area contributed by atoms with Crippen LogP contribution in [0.25, 0.3) is 10.2 Å². The van der Waals surface area contributed by atoms with Crippen LogP contribution in [0, 0.1) is 5.92 Å². The molecule has 0 amide bonds. The molecule has 0 aromatic carbocycles. The molecule has 0 aliphatic heterocycles. The van der Waals surface area contributed by atoms with Crippen molar-refractivity contribution in [3.63, 3.8) is 0 Å². The number of thiophene rings is 1. The lowest BCUT2D eigenvalue weighted by molar-refractivity contribution is 0.0235. The fraction of sp³-hybridized carbons (Fsp3) is 0.625. The van der Waals surface area contributed by atoms with Gasteiger partial charge in [0, 0.05) is 11.5 Å². The van der Waals surface area contributed by atoms with Crippen LogP contribution in [0.5, 0.6) is 0 Å². The number of rotatable bonds is 4.